The minimum Gasteiger partial charge on any atom is -0.0986 e. The molecular formula is C19H17Al. The molecule has 0 fully saturated rings. The van der Waals surface area contributed by atoms with Crippen molar-refractivity contribution in [2.75, 3.05) is 0 Å². The van der Waals surface area contributed by atoms with Crippen LogP contribution >= 0.6 is 0 Å². The molecule has 96 valence electrons. The predicted octanol–water partition coefficient (Wildman–Crippen LogP) is 2.51. The molecule has 0 saturated heterocycles. The van der Waals surface area contributed by atoms with Gasteiger partial charge in [0.15, 0.2) is 0 Å². The molecule has 0 spiro atoms. The standard InChI is InChI=1S/C7H7.2C6H5.Al/c1-7-5-3-2-4-6-7;2*1-2-4-6-5-3-1;/h2-5H,1H3;2*1-5H;. The van der Waals surface area contributed by atoms with Crippen LogP contribution in [0, 0.1) is 6.92 Å². The molecule has 0 aromatic heterocycles. The maximum absolute atomic E-state index is 2.30. The highest BCUT2D eigenvalue weighted by atomic mass is 27.2. The van der Waals surface area contributed by atoms with E-state index in [1.807, 2.05) is 0 Å². The molecule has 0 bridgehead atoms. The smallest absolute Gasteiger partial charge is 0.0986 e. The fourth-order valence-electron chi connectivity index (χ4n) is 2.75. The lowest BCUT2D eigenvalue weighted by molar-refractivity contribution is 1.51. The normalized spacial score (nSPS) is 10.2. The van der Waals surface area contributed by atoms with Crippen LogP contribution in [0.1, 0.15) is 5.56 Å². The molecule has 3 aromatic rings. The molecule has 0 atom stereocenters. The van der Waals surface area contributed by atoms with Gasteiger partial charge in [0.05, 0.1) is 0 Å². The lowest BCUT2D eigenvalue weighted by Crippen LogP contribution is -2.52. The van der Waals surface area contributed by atoms with Gasteiger partial charge in [-0.1, -0.05) is 104 Å². The highest BCUT2D eigenvalue weighted by Gasteiger charge is 2.25. The fourth-order valence-corrected chi connectivity index (χ4v) is 5.93. The molecule has 0 amide bonds. The van der Waals surface area contributed by atoms with Crippen LogP contribution in [0.4, 0.5) is 0 Å². The number of aryl methyl sites for hydroxylation is 1. The van der Waals surface area contributed by atoms with Crippen molar-refractivity contribution in [1.82, 2.24) is 0 Å². The first-order valence-corrected chi connectivity index (χ1v) is 8.75. The summed E-state index contributed by atoms with van der Waals surface area (Å²) in [6.45, 7) is 2.22. The Hall–Kier alpha value is -1.81. The Bertz CT molecular complexity index is 635. The zero-order valence-electron chi connectivity index (χ0n) is 11.7. The Morgan fingerprint density at radius 2 is 1.00 bits per heavy atom. The Balaban J connectivity index is 2.17. The Kier molecular flexibility index (Phi) is 4.02. The molecule has 0 aliphatic carbocycles. The molecule has 1 heteroatoms. The molecular weight excluding hydrogens is 255 g/mol. The van der Waals surface area contributed by atoms with Gasteiger partial charge in [-0.05, 0) is 6.92 Å². The maximum Gasteiger partial charge on any atom is 0.383 e. The molecule has 0 saturated carbocycles. The molecule has 0 N–H and O–H groups in total. The lowest BCUT2D eigenvalue weighted by atomic mass is 10.2. The van der Waals surface area contributed by atoms with Crippen LogP contribution in [0.5, 0.6) is 0 Å². The largest absolute Gasteiger partial charge is 0.383 e. The summed E-state index contributed by atoms with van der Waals surface area (Å²) in [4.78, 5) is 0. The van der Waals surface area contributed by atoms with E-state index in [4.69, 9.17) is 0 Å². The SMILES string of the molecule is Cc1cccc[c]1[Al]([c]1ccccc1)[c]1ccccc1. The van der Waals surface area contributed by atoms with Crippen molar-refractivity contribution in [3.8, 4) is 0 Å². The van der Waals surface area contributed by atoms with Gasteiger partial charge < -0.3 is 0 Å². The summed E-state index contributed by atoms with van der Waals surface area (Å²) in [5.74, 6) is 0. The maximum atomic E-state index is 2.30. The lowest BCUT2D eigenvalue weighted by Gasteiger charge is -2.16. The van der Waals surface area contributed by atoms with Gasteiger partial charge in [-0.2, -0.15) is 0 Å². The van der Waals surface area contributed by atoms with Gasteiger partial charge in [-0.25, -0.2) is 0 Å². The van der Waals surface area contributed by atoms with Crippen molar-refractivity contribution in [3.05, 3.63) is 90.5 Å². The van der Waals surface area contributed by atoms with E-state index in [9.17, 15) is 0 Å². The molecule has 0 nitrogen and oxygen atoms in total. The van der Waals surface area contributed by atoms with Crippen LogP contribution < -0.4 is 13.3 Å². The highest BCUT2D eigenvalue weighted by molar-refractivity contribution is 6.95. The quantitative estimate of drug-likeness (QED) is 0.643. The van der Waals surface area contributed by atoms with Crippen LogP contribution in [-0.2, 0) is 0 Å². The summed E-state index contributed by atoms with van der Waals surface area (Å²) in [6, 6.07) is 30.7. The monoisotopic (exact) mass is 272 g/mol. The summed E-state index contributed by atoms with van der Waals surface area (Å²) in [7, 11) is 0. The minimum absolute atomic E-state index is 1.35. The Labute approximate surface area is 125 Å². The van der Waals surface area contributed by atoms with Gasteiger partial charge in [0.1, 0.15) is 0 Å². The third-order valence-electron chi connectivity index (χ3n) is 3.77. The Morgan fingerprint density at radius 1 is 0.550 bits per heavy atom. The van der Waals surface area contributed by atoms with Crippen molar-refractivity contribution >= 4 is 27.4 Å². The van der Waals surface area contributed by atoms with E-state index in [-0.39, 0.29) is 0 Å². The number of benzene rings is 3. The van der Waals surface area contributed by atoms with Gasteiger partial charge in [0.25, 0.3) is 0 Å². The van der Waals surface area contributed by atoms with Crippen LogP contribution in [-0.4, -0.2) is 14.1 Å². The van der Waals surface area contributed by atoms with Crippen molar-refractivity contribution in [2.45, 2.75) is 6.92 Å². The van der Waals surface area contributed by atoms with Crippen LogP contribution in [0.15, 0.2) is 84.9 Å². The molecule has 3 rings (SSSR count). The highest BCUT2D eigenvalue weighted by Crippen LogP contribution is 1.99. The van der Waals surface area contributed by atoms with Crippen LogP contribution in [0.2, 0.25) is 0 Å². The average molecular weight is 272 g/mol. The second kappa shape index (κ2) is 6.10. The summed E-state index contributed by atoms with van der Waals surface area (Å²) in [5.41, 5.74) is 1.40. The van der Waals surface area contributed by atoms with E-state index in [0.29, 0.717) is 0 Å². The van der Waals surface area contributed by atoms with Gasteiger partial charge >= 0.3 is 14.1 Å². The molecule has 0 aliphatic heterocycles. The van der Waals surface area contributed by atoms with E-state index in [0.717, 1.165) is 0 Å². The third kappa shape index (κ3) is 2.70. The Morgan fingerprint density at radius 3 is 1.50 bits per heavy atom. The number of rotatable bonds is 3. The van der Waals surface area contributed by atoms with Crippen molar-refractivity contribution in [1.29, 1.82) is 0 Å². The van der Waals surface area contributed by atoms with E-state index in [1.165, 1.54) is 18.8 Å². The van der Waals surface area contributed by atoms with Crippen molar-refractivity contribution in [2.24, 2.45) is 0 Å². The van der Waals surface area contributed by atoms with Crippen LogP contribution in [0.25, 0.3) is 0 Å². The van der Waals surface area contributed by atoms with Crippen molar-refractivity contribution < 1.29 is 0 Å². The van der Waals surface area contributed by atoms with E-state index >= 15 is 0 Å². The van der Waals surface area contributed by atoms with E-state index in [2.05, 4.69) is 91.9 Å². The molecule has 0 aliphatic rings. The molecule has 0 radical (unpaired) electrons. The molecule has 3 aromatic carbocycles. The second-order valence-electron chi connectivity index (χ2n) is 5.11. The predicted molar refractivity (Wildman–Crippen MR) is 88.7 cm³/mol. The first-order valence-electron chi connectivity index (χ1n) is 7.01. The first-order chi connectivity index (χ1) is 9.86. The summed E-state index contributed by atoms with van der Waals surface area (Å²) < 4.78 is 4.48. The summed E-state index contributed by atoms with van der Waals surface area (Å²) in [6.07, 6.45) is 0. The first kappa shape index (κ1) is 13.2. The van der Waals surface area contributed by atoms with E-state index < -0.39 is 14.1 Å². The topological polar surface area (TPSA) is 0 Å². The van der Waals surface area contributed by atoms with Gasteiger partial charge in [-0.15, -0.1) is 0 Å². The molecule has 0 unspecified atom stereocenters. The zero-order chi connectivity index (χ0) is 13.8. The summed E-state index contributed by atoms with van der Waals surface area (Å²) >= 11 is -1.35. The number of hydrogen-bond donors (Lipinski definition) is 0. The third-order valence-corrected chi connectivity index (χ3v) is 7.14. The van der Waals surface area contributed by atoms with Gasteiger partial charge in [-0.3, -0.25) is 0 Å². The minimum atomic E-state index is -1.35. The molecule has 0 heterocycles. The van der Waals surface area contributed by atoms with E-state index in [1.54, 1.807) is 0 Å². The molecule has 20 heavy (non-hydrogen) atoms. The average Bonchev–Trinajstić information content (AvgIpc) is 2.52. The second-order valence-corrected chi connectivity index (χ2v) is 7.93. The number of hydrogen-bond acceptors (Lipinski definition) is 0. The fraction of sp³-hybridized carbons (Fsp3) is 0.0526. The van der Waals surface area contributed by atoms with Crippen LogP contribution in [0.3, 0.4) is 0 Å². The van der Waals surface area contributed by atoms with Gasteiger partial charge in [0.2, 0.25) is 0 Å². The summed E-state index contributed by atoms with van der Waals surface area (Å²) in [5, 5.41) is 0. The van der Waals surface area contributed by atoms with Crippen molar-refractivity contribution in [3.63, 3.8) is 0 Å². The zero-order valence-corrected chi connectivity index (χ0v) is 12.8. The van der Waals surface area contributed by atoms with Gasteiger partial charge in [0, 0.05) is 0 Å².